The second kappa shape index (κ2) is 9.27. The van der Waals surface area contributed by atoms with E-state index in [-0.39, 0.29) is 5.78 Å². The Morgan fingerprint density at radius 1 is 0.852 bits per heavy atom. The highest BCUT2D eigenvalue weighted by molar-refractivity contribution is 8.03. The predicted octanol–water partition coefficient (Wildman–Crippen LogP) is 7.46. The molecule has 0 spiro atoms. The molecule has 1 nitrogen and oxygen atoms in total. The van der Waals surface area contributed by atoms with Crippen molar-refractivity contribution in [2.24, 2.45) is 0 Å². The van der Waals surface area contributed by atoms with E-state index in [4.69, 9.17) is 23.2 Å². The summed E-state index contributed by atoms with van der Waals surface area (Å²) < 4.78 is 0. The molecule has 0 amide bonds. The van der Waals surface area contributed by atoms with Crippen LogP contribution in [-0.2, 0) is 5.75 Å². The first-order valence-corrected chi connectivity index (χ1v) is 10.2. The summed E-state index contributed by atoms with van der Waals surface area (Å²) >= 11 is 13.5. The number of benzene rings is 3. The van der Waals surface area contributed by atoms with Gasteiger partial charge in [-0.2, -0.15) is 0 Å². The van der Waals surface area contributed by atoms with Gasteiger partial charge in [-0.3, -0.25) is 4.79 Å². The highest BCUT2D eigenvalue weighted by atomic mass is 35.5. The largest absolute Gasteiger partial charge is 0.288 e. The molecule has 0 saturated carbocycles. The Kier molecular flexibility index (Phi) is 6.78. The SMILES string of the molecule is Cc1ccc(CSC(=Cc2ccc(Cl)cc2)C(=O)c2ccc(Cl)cc2)cc1. The van der Waals surface area contributed by atoms with Crippen LogP contribution in [0.15, 0.2) is 77.7 Å². The van der Waals surface area contributed by atoms with E-state index in [1.165, 1.54) is 22.9 Å². The third kappa shape index (κ3) is 5.74. The van der Waals surface area contributed by atoms with Crippen LogP contribution in [0.1, 0.15) is 27.0 Å². The summed E-state index contributed by atoms with van der Waals surface area (Å²) in [5, 5.41) is 1.28. The maximum Gasteiger partial charge on any atom is 0.199 e. The Bertz CT molecular complexity index is 943. The summed E-state index contributed by atoms with van der Waals surface area (Å²) in [4.78, 5) is 13.7. The zero-order valence-electron chi connectivity index (χ0n) is 14.8. The van der Waals surface area contributed by atoms with Gasteiger partial charge in [-0.05, 0) is 60.5 Å². The Morgan fingerprint density at radius 2 is 1.41 bits per heavy atom. The minimum Gasteiger partial charge on any atom is -0.288 e. The predicted molar refractivity (Wildman–Crippen MR) is 118 cm³/mol. The molecule has 3 aromatic carbocycles. The van der Waals surface area contributed by atoms with E-state index in [2.05, 4.69) is 31.2 Å². The molecule has 0 fully saturated rings. The van der Waals surface area contributed by atoms with Gasteiger partial charge in [-0.15, -0.1) is 11.8 Å². The molecule has 0 aromatic heterocycles. The third-order valence-electron chi connectivity index (χ3n) is 4.01. The molecule has 136 valence electrons. The number of aryl methyl sites for hydroxylation is 1. The van der Waals surface area contributed by atoms with Gasteiger partial charge in [0.2, 0.25) is 0 Å². The minimum absolute atomic E-state index is 0.0151. The van der Waals surface area contributed by atoms with Crippen LogP contribution in [0.25, 0.3) is 6.08 Å². The molecule has 4 heteroatoms. The number of hydrogen-bond donors (Lipinski definition) is 0. The van der Waals surface area contributed by atoms with Crippen LogP contribution in [0.2, 0.25) is 10.0 Å². The second-order valence-corrected chi connectivity index (χ2v) is 8.06. The van der Waals surface area contributed by atoms with E-state index >= 15 is 0 Å². The molecule has 0 aliphatic carbocycles. The summed E-state index contributed by atoms with van der Waals surface area (Å²) in [6.45, 7) is 2.06. The quantitative estimate of drug-likeness (QED) is 0.308. The van der Waals surface area contributed by atoms with Crippen molar-refractivity contribution in [1.82, 2.24) is 0 Å². The molecule has 3 aromatic rings. The normalized spacial score (nSPS) is 11.4. The van der Waals surface area contributed by atoms with E-state index in [1.807, 2.05) is 30.3 Å². The van der Waals surface area contributed by atoms with Gasteiger partial charge >= 0.3 is 0 Å². The summed E-state index contributed by atoms with van der Waals surface area (Å²) in [6.07, 6.45) is 1.91. The van der Waals surface area contributed by atoms with Gasteiger partial charge in [0.15, 0.2) is 5.78 Å². The topological polar surface area (TPSA) is 17.1 Å². The highest BCUT2D eigenvalue weighted by Crippen LogP contribution is 2.28. The van der Waals surface area contributed by atoms with Gasteiger partial charge in [0.05, 0.1) is 4.91 Å². The molecule has 0 atom stereocenters. The number of carbonyl (C=O) groups excluding carboxylic acids is 1. The first kappa shape index (κ1) is 19.8. The van der Waals surface area contributed by atoms with Gasteiger partial charge in [0.1, 0.15) is 0 Å². The van der Waals surface area contributed by atoms with Crippen molar-refractivity contribution in [3.8, 4) is 0 Å². The fraction of sp³-hybridized carbons (Fsp3) is 0.0870. The van der Waals surface area contributed by atoms with Gasteiger partial charge < -0.3 is 0 Å². The summed E-state index contributed by atoms with van der Waals surface area (Å²) in [5.74, 6) is 0.706. The van der Waals surface area contributed by atoms with Crippen molar-refractivity contribution in [2.75, 3.05) is 0 Å². The molecule has 27 heavy (non-hydrogen) atoms. The van der Waals surface area contributed by atoms with Crippen molar-refractivity contribution in [3.63, 3.8) is 0 Å². The number of thioether (sulfide) groups is 1. The Hall–Kier alpha value is -2.00. The summed E-state index contributed by atoms with van der Waals surface area (Å²) in [7, 11) is 0. The minimum atomic E-state index is -0.0151. The lowest BCUT2D eigenvalue weighted by molar-refractivity contribution is 0.104. The molecule has 0 saturated heterocycles. The van der Waals surface area contributed by atoms with Gasteiger partial charge in [-0.25, -0.2) is 0 Å². The lowest BCUT2D eigenvalue weighted by Gasteiger charge is -2.08. The van der Waals surface area contributed by atoms with Crippen LogP contribution in [0.3, 0.4) is 0 Å². The Balaban J connectivity index is 1.87. The number of carbonyl (C=O) groups is 1. The van der Waals surface area contributed by atoms with Crippen molar-refractivity contribution < 1.29 is 4.79 Å². The standard InChI is InChI=1S/C23H18Cl2OS/c1-16-2-4-18(5-3-16)15-27-22(14-17-6-10-20(24)11-7-17)23(26)19-8-12-21(25)13-9-19/h2-14H,15H2,1H3. The average Bonchev–Trinajstić information content (AvgIpc) is 2.68. The van der Waals surface area contributed by atoms with Crippen molar-refractivity contribution in [1.29, 1.82) is 0 Å². The molecular formula is C23H18Cl2OS. The summed E-state index contributed by atoms with van der Waals surface area (Å²) in [6, 6.07) is 22.8. The molecule has 0 bridgehead atoms. The average molecular weight is 413 g/mol. The maximum absolute atomic E-state index is 13.0. The van der Waals surface area contributed by atoms with Gasteiger partial charge in [0, 0.05) is 21.4 Å². The van der Waals surface area contributed by atoms with Crippen LogP contribution in [-0.4, -0.2) is 5.78 Å². The number of ketones is 1. The molecular weight excluding hydrogens is 395 g/mol. The smallest absolute Gasteiger partial charge is 0.199 e. The fourth-order valence-corrected chi connectivity index (χ4v) is 3.71. The number of halogens is 2. The number of rotatable bonds is 6. The molecule has 0 radical (unpaired) electrons. The van der Waals surface area contributed by atoms with E-state index in [0.29, 0.717) is 20.5 Å². The molecule has 0 N–H and O–H groups in total. The Labute approximate surface area is 174 Å². The van der Waals surface area contributed by atoms with Crippen molar-refractivity contribution in [2.45, 2.75) is 12.7 Å². The zero-order valence-corrected chi connectivity index (χ0v) is 17.1. The van der Waals surface area contributed by atoms with E-state index < -0.39 is 0 Å². The van der Waals surface area contributed by atoms with Crippen LogP contribution in [0, 0.1) is 6.92 Å². The molecule has 0 aliphatic rings. The first-order chi connectivity index (χ1) is 13.0. The van der Waals surface area contributed by atoms with Gasteiger partial charge in [-0.1, -0.05) is 65.2 Å². The summed E-state index contributed by atoms with van der Waals surface area (Å²) in [5.41, 5.74) is 3.96. The lowest BCUT2D eigenvalue weighted by atomic mass is 10.1. The third-order valence-corrected chi connectivity index (χ3v) is 5.61. The van der Waals surface area contributed by atoms with E-state index in [0.717, 1.165) is 11.3 Å². The van der Waals surface area contributed by atoms with Crippen LogP contribution >= 0.6 is 35.0 Å². The van der Waals surface area contributed by atoms with Crippen LogP contribution in [0.5, 0.6) is 0 Å². The van der Waals surface area contributed by atoms with Gasteiger partial charge in [0.25, 0.3) is 0 Å². The number of Topliss-reactive ketones (excluding diaryl/α,β-unsaturated/α-hetero) is 1. The Morgan fingerprint density at radius 3 is 2.00 bits per heavy atom. The zero-order chi connectivity index (χ0) is 19.2. The lowest BCUT2D eigenvalue weighted by Crippen LogP contribution is -2.01. The molecule has 0 unspecified atom stereocenters. The van der Waals surface area contributed by atoms with Crippen molar-refractivity contribution in [3.05, 3.63) is 110 Å². The van der Waals surface area contributed by atoms with Crippen LogP contribution < -0.4 is 0 Å². The van der Waals surface area contributed by atoms with Crippen molar-refractivity contribution >= 4 is 46.8 Å². The molecule has 3 rings (SSSR count). The van der Waals surface area contributed by atoms with E-state index in [9.17, 15) is 4.79 Å². The molecule has 0 aliphatic heterocycles. The maximum atomic E-state index is 13.0. The van der Waals surface area contributed by atoms with Crippen LogP contribution in [0.4, 0.5) is 0 Å². The second-order valence-electron chi connectivity index (χ2n) is 6.17. The van der Waals surface area contributed by atoms with E-state index in [1.54, 1.807) is 24.3 Å². The number of allylic oxidation sites excluding steroid dienone is 1. The fourth-order valence-electron chi connectivity index (χ4n) is 2.47. The number of hydrogen-bond acceptors (Lipinski definition) is 2. The monoisotopic (exact) mass is 412 g/mol. The first-order valence-electron chi connectivity index (χ1n) is 8.47. The highest BCUT2D eigenvalue weighted by Gasteiger charge is 2.14. The molecule has 0 heterocycles.